The zero-order chi connectivity index (χ0) is 14.0. The molecule has 3 heteroatoms. The van der Waals surface area contributed by atoms with Crippen LogP contribution in [0, 0.1) is 5.41 Å². The lowest BCUT2D eigenvalue weighted by Gasteiger charge is -2.33. The van der Waals surface area contributed by atoms with Crippen LogP contribution in [-0.4, -0.2) is 13.2 Å². The summed E-state index contributed by atoms with van der Waals surface area (Å²) < 4.78 is 7.03. The maximum absolute atomic E-state index is 5.88. The van der Waals surface area contributed by atoms with E-state index in [0.29, 0.717) is 6.04 Å². The van der Waals surface area contributed by atoms with E-state index in [1.165, 1.54) is 11.1 Å². The quantitative estimate of drug-likeness (QED) is 0.881. The standard InChI is InChI=1S/C16H24BrNO/c1-5-7-18-15(16(2,3)4)13-10-12(17)9-11-6-8-19-14(11)13/h9-10,15,18H,5-8H2,1-4H3. The number of hydrogen-bond acceptors (Lipinski definition) is 2. The molecule has 0 bridgehead atoms. The van der Waals surface area contributed by atoms with E-state index in [-0.39, 0.29) is 5.41 Å². The van der Waals surface area contributed by atoms with E-state index in [0.717, 1.165) is 36.2 Å². The van der Waals surface area contributed by atoms with Crippen LogP contribution in [-0.2, 0) is 6.42 Å². The lowest BCUT2D eigenvalue weighted by atomic mass is 9.81. The van der Waals surface area contributed by atoms with Gasteiger partial charge in [0.25, 0.3) is 0 Å². The Bertz CT molecular complexity index is 451. The first-order valence-electron chi connectivity index (χ1n) is 7.12. The zero-order valence-corrected chi connectivity index (χ0v) is 13.9. The van der Waals surface area contributed by atoms with Crippen LogP contribution in [0.25, 0.3) is 0 Å². The molecular formula is C16H24BrNO. The fourth-order valence-electron chi connectivity index (χ4n) is 2.68. The first kappa shape index (κ1) is 14.9. The molecule has 1 unspecified atom stereocenters. The van der Waals surface area contributed by atoms with Crippen LogP contribution >= 0.6 is 15.9 Å². The second kappa shape index (κ2) is 5.84. The van der Waals surface area contributed by atoms with Crippen molar-refractivity contribution in [1.82, 2.24) is 5.32 Å². The molecule has 1 atom stereocenters. The van der Waals surface area contributed by atoms with Gasteiger partial charge in [-0.3, -0.25) is 0 Å². The van der Waals surface area contributed by atoms with E-state index in [4.69, 9.17) is 4.74 Å². The monoisotopic (exact) mass is 325 g/mol. The number of hydrogen-bond donors (Lipinski definition) is 1. The molecule has 0 fully saturated rings. The van der Waals surface area contributed by atoms with Gasteiger partial charge in [-0.15, -0.1) is 0 Å². The predicted octanol–water partition coefficient (Wildman–Crippen LogP) is 4.47. The highest BCUT2D eigenvalue weighted by Gasteiger charge is 2.30. The van der Waals surface area contributed by atoms with Crippen molar-refractivity contribution in [3.05, 3.63) is 27.7 Å². The van der Waals surface area contributed by atoms with Crippen LogP contribution in [0.3, 0.4) is 0 Å². The molecule has 1 aliphatic rings. The SMILES string of the molecule is CCCNC(c1cc(Br)cc2c1OCC2)C(C)(C)C. The molecular weight excluding hydrogens is 302 g/mol. The van der Waals surface area contributed by atoms with E-state index in [1.54, 1.807) is 0 Å². The maximum Gasteiger partial charge on any atom is 0.127 e. The summed E-state index contributed by atoms with van der Waals surface area (Å²) in [6.07, 6.45) is 2.16. The van der Waals surface area contributed by atoms with E-state index < -0.39 is 0 Å². The molecule has 1 heterocycles. The predicted molar refractivity (Wildman–Crippen MR) is 83.8 cm³/mol. The third kappa shape index (κ3) is 3.32. The molecule has 0 spiro atoms. The molecule has 1 N–H and O–H groups in total. The third-order valence-corrected chi connectivity index (χ3v) is 4.01. The third-order valence-electron chi connectivity index (χ3n) is 3.55. The second-order valence-electron chi connectivity index (χ2n) is 6.33. The Kier molecular flexibility index (Phi) is 4.57. The van der Waals surface area contributed by atoms with Crippen molar-refractivity contribution in [3.8, 4) is 5.75 Å². The van der Waals surface area contributed by atoms with Crippen molar-refractivity contribution >= 4 is 15.9 Å². The minimum atomic E-state index is 0.162. The smallest absolute Gasteiger partial charge is 0.127 e. The van der Waals surface area contributed by atoms with Gasteiger partial charge in [-0.1, -0.05) is 43.6 Å². The van der Waals surface area contributed by atoms with E-state index in [1.807, 2.05) is 0 Å². The van der Waals surface area contributed by atoms with Gasteiger partial charge >= 0.3 is 0 Å². The van der Waals surface area contributed by atoms with Crippen molar-refractivity contribution in [2.75, 3.05) is 13.2 Å². The number of halogens is 1. The Balaban J connectivity index is 2.41. The summed E-state index contributed by atoms with van der Waals surface area (Å²) >= 11 is 3.64. The Morgan fingerprint density at radius 2 is 2.11 bits per heavy atom. The average Bonchev–Trinajstić information content (AvgIpc) is 2.75. The topological polar surface area (TPSA) is 21.3 Å². The minimum absolute atomic E-state index is 0.162. The molecule has 1 aromatic carbocycles. The number of nitrogens with one attached hydrogen (secondary N) is 1. The molecule has 0 aromatic heterocycles. The van der Waals surface area contributed by atoms with Crippen LogP contribution in [0.4, 0.5) is 0 Å². The zero-order valence-electron chi connectivity index (χ0n) is 12.3. The molecule has 2 nitrogen and oxygen atoms in total. The van der Waals surface area contributed by atoms with Crippen molar-refractivity contribution in [2.45, 2.75) is 46.6 Å². The first-order chi connectivity index (χ1) is 8.93. The van der Waals surface area contributed by atoms with Gasteiger partial charge in [-0.2, -0.15) is 0 Å². The molecule has 0 amide bonds. The van der Waals surface area contributed by atoms with Gasteiger partial charge in [-0.05, 0) is 36.1 Å². The first-order valence-corrected chi connectivity index (χ1v) is 7.91. The van der Waals surface area contributed by atoms with Gasteiger partial charge in [0.2, 0.25) is 0 Å². The van der Waals surface area contributed by atoms with Gasteiger partial charge in [-0.25, -0.2) is 0 Å². The fraction of sp³-hybridized carbons (Fsp3) is 0.625. The average molecular weight is 326 g/mol. The maximum atomic E-state index is 5.88. The largest absolute Gasteiger partial charge is 0.493 e. The lowest BCUT2D eigenvalue weighted by molar-refractivity contribution is 0.262. The normalized spacial score (nSPS) is 16.1. The molecule has 1 aliphatic heterocycles. The van der Waals surface area contributed by atoms with Crippen molar-refractivity contribution in [3.63, 3.8) is 0 Å². The Morgan fingerprint density at radius 3 is 2.74 bits per heavy atom. The number of ether oxygens (including phenoxy) is 1. The summed E-state index contributed by atoms with van der Waals surface area (Å²) in [5.74, 6) is 1.10. The van der Waals surface area contributed by atoms with E-state index >= 15 is 0 Å². The highest BCUT2D eigenvalue weighted by molar-refractivity contribution is 9.10. The van der Waals surface area contributed by atoms with Gasteiger partial charge in [0, 0.05) is 22.5 Å². The van der Waals surface area contributed by atoms with Crippen molar-refractivity contribution < 1.29 is 4.74 Å². The van der Waals surface area contributed by atoms with Gasteiger partial charge in [0.1, 0.15) is 5.75 Å². The van der Waals surface area contributed by atoms with E-state index in [9.17, 15) is 0 Å². The molecule has 1 aromatic rings. The molecule has 19 heavy (non-hydrogen) atoms. The van der Waals surface area contributed by atoms with Crippen LogP contribution in [0.5, 0.6) is 5.75 Å². The summed E-state index contributed by atoms with van der Waals surface area (Å²) in [4.78, 5) is 0. The summed E-state index contributed by atoms with van der Waals surface area (Å²) in [5.41, 5.74) is 2.79. The highest BCUT2D eigenvalue weighted by atomic mass is 79.9. The van der Waals surface area contributed by atoms with Crippen LogP contribution in [0.2, 0.25) is 0 Å². The van der Waals surface area contributed by atoms with Crippen molar-refractivity contribution in [1.29, 1.82) is 0 Å². The Labute approximate surface area is 125 Å². The number of benzene rings is 1. The van der Waals surface area contributed by atoms with Crippen LogP contribution in [0.15, 0.2) is 16.6 Å². The van der Waals surface area contributed by atoms with Gasteiger partial charge < -0.3 is 10.1 Å². The van der Waals surface area contributed by atoms with Crippen LogP contribution in [0.1, 0.15) is 51.3 Å². The molecule has 106 valence electrons. The molecule has 2 rings (SSSR count). The van der Waals surface area contributed by atoms with Crippen molar-refractivity contribution in [2.24, 2.45) is 5.41 Å². The summed E-state index contributed by atoms with van der Waals surface area (Å²) in [5, 5.41) is 3.68. The van der Waals surface area contributed by atoms with Gasteiger partial charge in [0.05, 0.1) is 6.61 Å². The number of rotatable bonds is 4. The highest BCUT2D eigenvalue weighted by Crippen LogP contribution is 2.42. The number of fused-ring (bicyclic) bond motifs is 1. The molecule has 0 aliphatic carbocycles. The second-order valence-corrected chi connectivity index (χ2v) is 7.25. The summed E-state index contributed by atoms with van der Waals surface area (Å²) in [6.45, 7) is 10.9. The van der Waals surface area contributed by atoms with Crippen LogP contribution < -0.4 is 10.1 Å². The lowest BCUT2D eigenvalue weighted by Crippen LogP contribution is -2.33. The summed E-state index contributed by atoms with van der Waals surface area (Å²) in [6, 6.07) is 4.71. The molecule has 0 saturated carbocycles. The van der Waals surface area contributed by atoms with E-state index in [2.05, 4.69) is 61.1 Å². The molecule has 0 saturated heterocycles. The fourth-order valence-corrected chi connectivity index (χ4v) is 3.21. The summed E-state index contributed by atoms with van der Waals surface area (Å²) in [7, 11) is 0. The minimum Gasteiger partial charge on any atom is -0.493 e. The molecule has 0 radical (unpaired) electrons. The Morgan fingerprint density at radius 1 is 1.37 bits per heavy atom. The van der Waals surface area contributed by atoms with Gasteiger partial charge in [0.15, 0.2) is 0 Å². The Hall–Kier alpha value is -0.540.